The number of anilines is 1. The second-order valence-electron chi connectivity index (χ2n) is 3.52. The first kappa shape index (κ1) is 10.2. The van der Waals surface area contributed by atoms with Crippen molar-refractivity contribution in [2.24, 2.45) is 0 Å². The average molecular weight is 290 g/mol. The molecule has 2 aromatic heterocycles. The summed E-state index contributed by atoms with van der Waals surface area (Å²) in [4.78, 5) is 12.3. The fourth-order valence-electron chi connectivity index (χ4n) is 1.66. The van der Waals surface area contributed by atoms with Gasteiger partial charge in [0.15, 0.2) is 0 Å². The van der Waals surface area contributed by atoms with Gasteiger partial charge < -0.3 is 5.73 Å². The van der Waals surface area contributed by atoms with Crippen LogP contribution in [0.2, 0.25) is 0 Å². The maximum absolute atomic E-state index is 5.57. The average Bonchev–Trinajstić information content (AvgIpc) is 2.71. The summed E-state index contributed by atoms with van der Waals surface area (Å²) in [5, 5.41) is 0. The van der Waals surface area contributed by atoms with Gasteiger partial charge in [0.25, 0.3) is 0 Å². The molecule has 0 aliphatic heterocycles. The zero-order valence-electron chi connectivity index (χ0n) is 8.71. The number of nitrogen functional groups attached to an aromatic ring is 1. The molecule has 0 amide bonds. The molecule has 0 atom stereocenters. The van der Waals surface area contributed by atoms with Crippen molar-refractivity contribution in [1.82, 2.24) is 19.5 Å². The first-order valence-corrected chi connectivity index (χ1v) is 5.75. The lowest BCUT2D eigenvalue weighted by molar-refractivity contribution is 1.00. The first-order chi connectivity index (χ1) is 8.24. The van der Waals surface area contributed by atoms with Gasteiger partial charge in [-0.2, -0.15) is 4.98 Å². The van der Waals surface area contributed by atoms with Crippen molar-refractivity contribution in [3.8, 4) is 5.82 Å². The Hall–Kier alpha value is -1.95. The van der Waals surface area contributed by atoms with Crippen LogP contribution >= 0.6 is 15.9 Å². The zero-order valence-corrected chi connectivity index (χ0v) is 10.3. The summed E-state index contributed by atoms with van der Waals surface area (Å²) in [6, 6.07) is 7.67. The van der Waals surface area contributed by atoms with Crippen molar-refractivity contribution >= 4 is 32.9 Å². The molecule has 1 aromatic carbocycles. The number of nitrogens with zero attached hydrogens (tertiary/aromatic N) is 4. The third kappa shape index (κ3) is 1.76. The van der Waals surface area contributed by atoms with Gasteiger partial charge in [-0.3, -0.25) is 4.57 Å². The third-order valence-corrected chi connectivity index (χ3v) is 2.91. The van der Waals surface area contributed by atoms with Gasteiger partial charge in [-0.25, -0.2) is 9.97 Å². The van der Waals surface area contributed by atoms with E-state index in [-0.39, 0.29) is 5.95 Å². The van der Waals surface area contributed by atoms with Crippen molar-refractivity contribution in [2.75, 3.05) is 5.73 Å². The van der Waals surface area contributed by atoms with Crippen molar-refractivity contribution in [3.05, 3.63) is 41.3 Å². The van der Waals surface area contributed by atoms with E-state index >= 15 is 0 Å². The molecular weight excluding hydrogens is 282 g/mol. The number of halogens is 1. The number of rotatable bonds is 1. The summed E-state index contributed by atoms with van der Waals surface area (Å²) in [7, 11) is 0. The van der Waals surface area contributed by atoms with Crippen LogP contribution in [0, 0.1) is 0 Å². The van der Waals surface area contributed by atoms with E-state index in [1.165, 1.54) is 0 Å². The predicted octanol–water partition coefficient (Wildman–Crippen LogP) is 2.16. The molecule has 0 bridgehead atoms. The van der Waals surface area contributed by atoms with E-state index in [1.807, 2.05) is 22.8 Å². The second-order valence-corrected chi connectivity index (χ2v) is 4.44. The van der Waals surface area contributed by atoms with Gasteiger partial charge in [-0.1, -0.05) is 15.9 Å². The van der Waals surface area contributed by atoms with E-state index in [0.717, 1.165) is 15.5 Å². The Balaban J connectivity index is 2.27. The van der Waals surface area contributed by atoms with Crippen molar-refractivity contribution < 1.29 is 0 Å². The fourth-order valence-corrected chi connectivity index (χ4v) is 2.01. The van der Waals surface area contributed by atoms with Gasteiger partial charge in [0, 0.05) is 10.7 Å². The van der Waals surface area contributed by atoms with Crippen LogP contribution in [0.25, 0.3) is 16.9 Å². The molecule has 6 heteroatoms. The van der Waals surface area contributed by atoms with Crippen LogP contribution in [-0.4, -0.2) is 19.5 Å². The molecule has 0 saturated heterocycles. The van der Waals surface area contributed by atoms with Crippen molar-refractivity contribution in [1.29, 1.82) is 0 Å². The summed E-state index contributed by atoms with van der Waals surface area (Å²) in [5.74, 6) is 0.956. The predicted molar refractivity (Wildman–Crippen MR) is 68.8 cm³/mol. The van der Waals surface area contributed by atoms with Crippen LogP contribution in [0.1, 0.15) is 0 Å². The minimum absolute atomic E-state index is 0.249. The van der Waals surface area contributed by atoms with Gasteiger partial charge >= 0.3 is 0 Å². The van der Waals surface area contributed by atoms with Crippen LogP contribution in [0.4, 0.5) is 5.95 Å². The molecule has 5 nitrogen and oxygen atoms in total. The van der Waals surface area contributed by atoms with Gasteiger partial charge in [0.1, 0.15) is 12.1 Å². The van der Waals surface area contributed by atoms with Crippen LogP contribution in [0.15, 0.2) is 41.3 Å². The Bertz CT molecular complexity index is 691. The standard InChI is InChI=1S/C11H8BrN5/c12-7-1-2-8-9(5-7)17(6-15-8)10-3-4-14-11(13)16-10/h1-6H,(H2,13,14,16). The van der Waals surface area contributed by atoms with Gasteiger partial charge in [-0.15, -0.1) is 0 Å². The number of nitrogens with two attached hydrogens (primary N) is 1. The van der Waals surface area contributed by atoms with E-state index in [4.69, 9.17) is 5.73 Å². The molecule has 3 rings (SSSR count). The highest BCUT2D eigenvalue weighted by Crippen LogP contribution is 2.21. The largest absolute Gasteiger partial charge is 0.368 e. The lowest BCUT2D eigenvalue weighted by Crippen LogP contribution is -2.00. The molecule has 0 aliphatic rings. The Morgan fingerprint density at radius 3 is 2.88 bits per heavy atom. The number of hydrogen-bond donors (Lipinski definition) is 1. The quantitative estimate of drug-likeness (QED) is 0.745. The minimum Gasteiger partial charge on any atom is -0.368 e. The Labute approximate surface area is 105 Å². The highest BCUT2D eigenvalue weighted by atomic mass is 79.9. The SMILES string of the molecule is Nc1nccc(-n2cnc3ccc(Br)cc32)n1. The first-order valence-electron chi connectivity index (χ1n) is 4.95. The van der Waals surface area contributed by atoms with Gasteiger partial charge in [0.05, 0.1) is 11.0 Å². The van der Waals surface area contributed by atoms with Crippen LogP contribution in [0.5, 0.6) is 0 Å². The minimum atomic E-state index is 0.249. The molecular formula is C11H8BrN5. The third-order valence-electron chi connectivity index (χ3n) is 2.42. The lowest BCUT2D eigenvalue weighted by atomic mass is 10.3. The monoisotopic (exact) mass is 289 g/mol. The summed E-state index contributed by atoms with van der Waals surface area (Å²) in [6.45, 7) is 0. The number of imidazole rings is 1. The molecule has 17 heavy (non-hydrogen) atoms. The number of fused-ring (bicyclic) bond motifs is 1. The van der Waals surface area contributed by atoms with Crippen LogP contribution < -0.4 is 5.73 Å². The lowest BCUT2D eigenvalue weighted by Gasteiger charge is -2.03. The molecule has 0 unspecified atom stereocenters. The Kier molecular flexibility index (Phi) is 2.29. The van der Waals surface area contributed by atoms with E-state index in [2.05, 4.69) is 30.9 Å². The van der Waals surface area contributed by atoms with Crippen molar-refractivity contribution in [2.45, 2.75) is 0 Å². The fraction of sp³-hybridized carbons (Fsp3) is 0. The van der Waals surface area contributed by atoms with Crippen LogP contribution in [0.3, 0.4) is 0 Å². The summed E-state index contributed by atoms with van der Waals surface area (Å²) in [5.41, 5.74) is 7.45. The maximum Gasteiger partial charge on any atom is 0.221 e. The summed E-state index contributed by atoms with van der Waals surface area (Å²) in [6.07, 6.45) is 3.35. The summed E-state index contributed by atoms with van der Waals surface area (Å²) < 4.78 is 2.87. The molecule has 0 radical (unpaired) electrons. The molecule has 84 valence electrons. The smallest absolute Gasteiger partial charge is 0.221 e. The Morgan fingerprint density at radius 1 is 1.18 bits per heavy atom. The molecule has 0 saturated carbocycles. The van der Waals surface area contributed by atoms with E-state index < -0.39 is 0 Å². The normalized spacial score (nSPS) is 10.9. The number of hydrogen-bond acceptors (Lipinski definition) is 4. The molecule has 0 aliphatic carbocycles. The summed E-state index contributed by atoms with van der Waals surface area (Å²) >= 11 is 3.44. The van der Waals surface area contributed by atoms with Crippen molar-refractivity contribution in [3.63, 3.8) is 0 Å². The highest BCUT2D eigenvalue weighted by molar-refractivity contribution is 9.10. The van der Waals surface area contributed by atoms with Crippen LogP contribution in [-0.2, 0) is 0 Å². The van der Waals surface area contributed by atoms with E-state index in [0.29, 0.717) is 5.82 Å². The highest BCUT2D eigenvalue weighted by Gasteiger charge is 2.06. The molecule has 2 heterocycles. The van der Waals surface area contributed by atoms with Gasteiger partial charge in [0.2, 0.25) is 5.95 Å². The van der Waals surface area contributed by atoms with E-state index in [9.17, 15) is 0 Å². The van der Waals surface area contributed by atoms with E-state index in [1.54, 1.807) is 18.6 Å². The number of aromatic nitrogens is 4. The maximum atomic E-state index is 5.57. The zero-order chi connectivity index (χ0) is 11.8. The topological polar surface area (TPSA) is 69.6 Å². The molecule has 0 fully saturated rings. The van der Waals surface area contributed by atoms with Gasteiger partial charge in [-0.05, 0) is 24.3 Å². The number of benzene rings is 1. The molecule has 0 spiro atoms. The second kappa shape index (κ2) is 3.81. The molecule has 3 aromatic rings. The Morgan fingerprint density at radius 2 is 2.06 bits per heavy atom. The molecule has 2 N–H and O–H groups in total.